The van der Waals surface area contributed by atoms with Crippen LogP contribution >= 0.6 is 24.0 Å². The van der Waals surface area contributed by atoms with Gasteiger partial charge in [0.2, 0.25) is 0 Å². The molecule has 4 rings (SSSR count). The minimum absolute atomic E-state index is 0.0146. The maximum absolute atomic E-state index is 14.6. The van der Waals surface area contributed by atoms with Crippen LogP contribution in [0.1, 0.15) is 57.6 Å². The summed E-state index contributed by atoms with van der Waals surface area (Å²) in [5.41, 5.74) is 0.104. The molecule has 2 aliphatic carbocycles. The SMILES string of the molecule is CCOC(=O)C1=C(C(=O)OC)C(C(=O)OC)=C(NC2CCCCC2)C12SC(=S)N(C(C)c1ccccc1)C2=O. The molecule has 9 nitrogen and oxygen atoms in total. The number of methoxy groups -OCH3 is 2. The molecular weight excluding hydrogens is 540 g/mol. The van der Waals surface area contributed by atoms with Crippen LogP contribution in [0.15, 0.2) is 52.7 Å². The van der Waals surface area contributed by atoms with Gasteiger partial charge in [-0.15, -0.1) is 0 Å². The summed E-state index contributed by atoms with van der Waals surface area (Å²) in [6, 6.07) is 8.77. The van der Waals surface area contributed by atoms with Crippen LogP contribution in [0.2, 0.25) is 0 Å². The van der Waals surface area contributed by atoms with Crippen LogP contribution in [0.5, 0.6) is 0 Å². The number of esters is 3. The van der Waals surface area contributed by atoms with Crippen LogP contribution in [-0.2, 0) is 33.4 Å². The van der Waals surface area contributed by atoms with Gasteiger partial charge in [0.25, 0.3) is 5.91 Å². The van der Waals surface area contributed by atoms with Gasteiger partial charge in [0, 0.05) is 6.04 Å². The maximum atomic E-state index is 14.6. The summed E-state index contributed by atoms with van der Waals surface area (Å²) in [5.74, 6) is -3.28. The Kier molecular flexibility index (Phi) is 8.80. The van der Waals surface area contributed by atoms with Crippen LogP contribution in [-0.4, -0.2) is 64.7 Å². The average molecular weight is 573 g/mol. The first-order valence-corrected chi connectivity index (χ1v) is 14.2. The molecule has 0 bridgehead atoms. The van der Waals surface area contributed by atoms with Crippen LogP contribution in [0.4, 0.5) is 0 Å². The smallest absolute Gasteiger partial charge is 0.340 e. The Morgan fingerprint density at radius 1 is 1.05 bits per heavy atom. The fraction of sp³-hybridized carbons (Fsp3) is 0.464. The molecule has 1 saturated carbocycles. The lowest BCUT2D eigenvalue weighted by Crippen LogP contribution is -2.49. The Bertz CT molecular complexity index is 1250. The Labute approximate surface area is 237 Å². The molecule has 2 atom stereocenters. The standard InChI is InChI=1S/C28H32N2O7S2/c1-5-37-25(33)21-19(23(31)35-3)20(24(32)36-4)22(29-18-14-10-7-11-15-18)28(21)26(34)30(27(38)39-28)16(2)17-12-8-6-9-13-17/h6,8-9,12-13,16,18,29H,5,7,10-11,14-15H2,1-4H3. The zero-order valence-corrected chi connectivity index (χ0v) is 24.0. The molecular formula is C28H32N2O7S2. The summed E-state index contributed by atoms with van der Waals surface area (Å²) < 4.78 is 13.8. The van der Waals surface area contributed by atoms with E-state index in [4.69, 9.17) is 26.4 Å². The number of benzene rings is 1. The highest BCUT2D eigenvalue weighted by Gasteiger charge is 2.66. The summed E-state index contributed by atoms with van der Waals surface area (Å²) >= 11 is 6.69. The van der Waals surface area contributed by atoms with Crippen molar-refractivity contribution in [2.45, 2.75) is 62.8 Å². The highest BCUT2D eigenvalue weighted by molar-refractivity contribution is 8.25. The lowest BCUT2D eigenvalue weighted by Gasteiger charge is -2.33. The second kappa shape index (κ2) is 11.9. The number of nitrogens with zero attached hydrogens (tertiary/aromatic N) is 1. The Morgan fingerprint density at radius 2 is 1.67 bits per heavy atom. The normalized spacial score (nSPS) is 22.4. The number of hydrogen-bond acceptors (Lipinski definition) is 10. The van der Waals surface area contributed by atoms with Crippen molar-refractivity contribution >= 4 is 52.1 Å². The van der Waals surface area contributed by atoms with E-state index in [1.165, 1.54) is 12.0 Å². The molecule has 208 valence electrons. The van der Waals surface area contributed by atoms with E-state index < -0.39 is 34.6 Å². The zero-order chi connectivity index (χ0) is 28.3. The van der Waals surface area contributed by atoms with Gasteiger partial charge in [-0.2, -0.15) is 0 Å². The van der Waals surface area contributed by atoms with E-state index in [9.17, 15) is 19.2 Å². The minimum Gasteiger partial charge on any atom is -0.465 e. The lowest BCUT2D eigenvalue weighted by molar-refractivity contribution is -0.142. The van der Waals surface area contributed by atoms with Gasteiger partial charge in [-0.25, -0.2) is 14.4 Å². The number of rotatable bonds is 8. The van der Waals surface area contributed by atoms with E-state index in [2.05, 4.69) is 5.32 Å². The number of thiocarbonyl (C=S) groups is 1. The summed E-state index contributed by atoms with van der Waals surface area (Å²) in [5, 5.41) is 3.40. The summed E-state index contributed by atoms with van der Waals surface area (Å²) in [6.07, 6.45) is 4.59. The van der Waals surface area contributed by atoms with Crippen LogP contribution < -0.4 is 5.32 Å². The molecule has 39 heavy (non-hydrogen) atoms. The highest BCUT2D eigenvalue weighted by Crippen LogP contribution is 2.56. The van der Waals surface area contributed by atoms with Crippen LogP contribution in [0.3, 0.4) is 0 Å². The maximum Gasteiger partial charge on any atom is 0.340 e. The Balaban J connectivity index is 1.98. The number of amides is 1. The van der Waals surface area contributed by atoms with Gasteiger partial charge in [0.1, 0.15) is 4.32 Å². The van der Waals surface area contributed by atoms with Gasteiger partial charge in [0.05, 0.1) is 49.3 Å². The van der Waals surface area contributed by atoms with E-state index >= 15 is 0 Å². The second-order valence-corrected chi connectivity index (χ2v) is 11.3. The molecule has 0 aromatic heterocycles. The zero-order valence-electron chi connectivity index (χ0n) is 22.4. The number of hydrogen-bond donors (Lipinski definition) is 1. The molecule has 2 unspecified atom stereocenters. The molecule has 1 amide bonds. The minimum atomic E-state index is -1.85. The van der Waals surface area contributed by atoms with Crippen molar-refractivity contribution in [1.29, 1.82) is 0 Å². The van der Waals surface area contributed by atoms with Gasteiger partial charge in [0.15, 0.2) is 4.75 Å². The first-order valence-electron chi connectivity index (χ1n) is 12.9. The monoisotopic (exact) mass is 572 g/mol. The predicted octanol–water partition coefficient (Wildman–Crippen LogP) is 3.74. The molecule has 1 aromatic carbocycles. The number of carbonyl (C=O) groups excluding carboxylic acids is 4. The van der Waals surface area contributed by atoms with Gasteiger partial charge in [-0.05, 0) is 32.3 Å². The third-order valence-electron chi connectivity index (χ3n) is 7.29. The number of ether oxygens (including phenoxy) is 3. The third kappa shape index (κ3) is 4.98. The number of carbonyl (C=O) groups is 4. The van der Waals surface area contributed by atoms with Gasteiger partial charge >= 0.3 is 17.9 Å². The molecule has 1 N–H and O–H groups in total. The molecule has 3 aliphatic rings. The first-order chi connectivity index (χ1) is 18.7. The molecule has 1 aromatic rings. The van der Waals surface area contributed by atoms with Crippen molar-refractivity contribution < 1.29 is 33.4 Å². The molecule has 2 fully saturated rings. The summed E-state index contributed by atoms with van der Waals surface area (Å²) in [7, 11) is 2.32. The van der Waals surface area contributed by atoms with Crippen molar-refractivity contribution in [2.75, 3.05) is 20.8 Å². The third-order valence-corrected chi connectivity index (χ3v) is 9.00. The molecule has 1 aliphatic heterocycles. The fourth-order valence-electron chi connectivity index (χ4n) is 5.42. The topological polar surface area (TPSA) is 111 Å². The number of nitrogens with one attached hydrogen (secondary N) is 1. The highest BCUT2D eigenvalue weighted by atomic mass is 32.2. The van der Waals surface area contributed by atoms with Crippen LogP contribution in [0.25, 0.3) is 0 Å². The quantitative estimate of drug-likeness (QED) is 0.281. The predicted molar refractivity (Wildman–Crippen MR) is 149 cm³/mol. The molecule has 1 spiro atoms. The van der Waals surface area contributed by atoms with Crippen LogP contribution in [0, 0.1) is 0 Å². The van der Waals surface area contributed by atoms with Crippen molar-refractivity contribution in [2.24, 2.45) is 0 Å². The van der Waals surface area contributed by atoms with E-state index in [-0.39, 0.29) is 39.4 Å². The summed E-state index contributed by atoms with van der Waals surface area (Å²) in [6.45, 7) is 3.44. The Morgan fingerprint density at radius 3 is 2.26 bits per heavy atom. The Hall–Kier alpha value is -3.18. The largest absolute Gasteiger partial charge is 0.465 e. The van der Waals surface area contributed by atoms with Crippen molar-refractivity contribution in [3.63, 3.8) is 0 Å². The van der Waals surface area contributed by atoms with E-state index in [1.807, 2.05) is 37.3 Å². The van der Waals surface area contributed by atoms with Gasteiger partial charge < -0.3 is 19.5 Å². The molecule has 11 heteroatoms. The van der Waals surface area contributed by atoms with E-state index in [1.54, 1.807) is 6.92 Å². The molecule has 1 heterocycles. The fourth-order valence-corrected chi connectivity index (χ4v) is 7.37. The van der Waals surface area contributed by atoms with Gasteiger partial charge in [-0.1, -0.05) is 73.6 Å². The van der Waals surface area contributed by atoms with E-state index in [0.717, 1.165) is 56.5 Å². The molecule has 1 saturated heterocycles. The first kappa shape index (κ1) is 28.8. The number of thioether (sulfide) groups is 1. The lowest BCUT2D eigenvalue weighted by atomic mass is 9.91. The second-order valence-electron chi connectivity index (χ2n) is 9.49. The van der Waals surface area contributed by atoms with E-state index in [0.29, 0.717) is 0 Å². The van der Waals surface area contributed by atoms with Crippen molar-refractivity contribution in [3.8, 4) is 0 Å². The average Bonchev–Trinajstić information content (AvgIpc) is 3.38. The van der Waals surface area contributed by atoms with Gasteiger partial charge in [-0.3, -0.25) is 9.69 Å². The van der Waals surface area contributed by atoms with Crippen molar-refractivity contribution in [1.82, 2.24) is 10.2 Å². The summed E-state index contributed by atoms with van der Waals surface area (Å²) in [4.78, 5) is 56.2. The molecule has 0 radical (unpaired) electrons. The van der Waals surface area contributed by atoms with Crippen molar-refractivity contribution in [3.05, 3.63) is 58.3 Å².